The van der Waals surface area contributed by atoms with Crippen LogP contribution in [0.1, 0.15) is 40.3 Å². The van der Waals surface area contributed by atoms with Crippen LogP contribution in [0.3, 0.4) is 0 Å². The van der Waals surface area contributed by atoms with Crippen molar-refractivity contribution in [3.05, 3.63) is 24.0 Å². The van der Waals surface area contributed by atoms with E-state index in [4.69, 9.17) is 10.5 Å². The molecule has 0 aliphatic carbocycles. The maximum absolute atomic E-state index is 12.1. The van der Waals surface area contributed by atoms with Crippen molar-refractivity contribution in [3.8, 4) is 0 Å². The van der Waals surface area contributed by atoms with Crippen LogP contribution in [0.15, 0.2) is 18.3 Å². The number of esters is 1. The standard InChI is InChI=1S/C13H20N2O2/c1-12(2,3)17-11(16)13(4,5)10-7-6-9(14)8-15-10/h6-8H,14H2,1-5H3. The number of nitrogens with zero attached hydrogens (tertiary/aromatic N) is 1. The minimum atomic E-state index is -0.777. The number of nitrogens with two attached hydrogens (primary N) is 1. The molecule has 0 bridgehead atoms. The number of rotatable bonds is 2. The first kappa shape index (κ1) is 13.5. The van der Waals surface area contributed by atoms with Crippen LogP contribution >= 0.6 is 0 Å². The summed E-state index contributed by atoms with van der Waals surface area (Å²) in [4.78, 5) is 16.2. The zero-order valence-electron chi connectivity index (χ0n) is 11.1. The smallest absolute Gasteiger partial charge is 0.318 e. The van der Waals surface area contributed by atoms with Gasteiger partial charge in [0.15, 0.2) is 0 Å². The predicted molar refractivity (Wildman–Crippen MR) is 67.5 cm³/mol. The van der Waals surface area contributed by atoms with Crippen molar-refractivity contribution in [1.29, 1.82) is 0 Å². The van der Waals surface area contributed by atoms with Gasteiger partial charge in [0, 0.05) is 0 Å². The van der Waals surface area contributed by atoms with Gasteiger partial charge in [-0.1, -0.05) is 0 Å². The summed E-state index contributed by atoms with van der Waals surface area (Å²) < 4.78 is 5.38. The van der Waals surface area contributed by atoms with Crippen LogP contribution in [0.4, 0.5) is 5.69 Å². The Labute approximate surface area is 102 Å². The normalized spacial score (nSPS) is 12.3. The van der Waals surface area contributed by atoms with E-state index in [1.807, 2.05) is 20.8 Å². The Morgan fingerprint density at radius 3 is 2.24 bits per heavy atom. The lowest BCUT2D eigenvalue weighted by molar-refractivity contribution is -0.161. The molecule has 0 aliphatic rings. The minimum Gasteiger partial charge on any atom is -0.459 e. The van der Waals surface area contributed by atoms with E-state index in [1.54, 1.807) is 32.2 Å². The van der Waals surface area contributed by atoms with Gasteiger partial charge in [0.05, 0.1) is 17.6 Å². The van der Waals surface area contributed by atoms with Gasteiger partial charge in [-0.05, 0) is 46.8 Å². The third kappa shape index (κ3) is 3.44. The molecule has 1 rings (SSSR count). The molecule has 2 N–H and O–H groups in total. The summed E-state index contributed by atoms with van der Waals surface area (Å²) in [7, 11) is 0. The number of carbonyl (C=O) groups excluding carboxylic acids is 1. The maximum Gasteiger partial charge on any atom is 0.318 e. The molecule has 17 heavy (non-hydrogen) atoms. The van der Waals surface area contributed by atoms with Crippen molar-refractivity contribution in [2.45, 2.75) is 45.6 Å². The fourth-order valence-electron chi connectivity index (χ4n) is 1.29. The molecular formula is C13H20N2O2. The maximum atomic E-state index is 12.1. The zero-order chi connectivity index (χ0) is 13.3. The molecule has 0 atom stereocenters. The number of ether oxygens (including phenoxy) is 1. The fourth-order valence-corrected chi connectivity index (χ4v) is 1.29. The van der Waals surface area contributed by atoms with Crippen LogP contribution in [0.5, 0.6) is 0 Å². The highest BCUT2D eigenvalue weighted by Crippen LogP contribution is 2.25. The molecule has 0 aromatic carbocycles. The van der Waals surface area contributed by atoms with Crippen molar-refractivity contribution in [2.24, 2.45) is 0 Å². The van der Waals surface area contributed by atoms with E-state index in [2.05, 4.69) is 4.98 Å². The third-order valence-electron chi connectivity index (χ3n) is 2.34. The van der Waals surface area contributed by atoms with Crippen molar-refractivity contribution in [3.63, 3.8) is 0 Å². The Balaban J connectivity index is 2.94. The average molecular weight is 236 g/mol. The predicted octanol–water partition coefficient (Wildman–Crippen LogP) is 2.28. The Hall–Kier alpha value is -1.58. The van der Waals surface area contributed by atoms with Gasteiger partial charge in [-0.2, -0.15) is 0 Å². The van der Waals surface area contributed by atoms with E-state index in [0.29, 0.717) is 11.4 Å². The summed E-state index contributed by atoms with van der Waals surface area (Å²) in [6, 6.07) is 3.48. The van der Waals surface area contributed by atoms with Gasteiger partial charge in [0.1, 0.15) is 11.0 Å². The van der Waals surface area contributed by atoms with Gasteiger partial charge in [-0.15, -0.1) is 0 Å². The lowest BCUT2D eigenvalue weighted by Gasteiger charge is -2.28. The minimum absolute atomic E-state index is 0.290. The van der Waals surface area contributed by atoms with E-state index in [0.717, 1.165) is 0 Å². The lowest BCUT2D eigenvalue weighted by atomic mass is 9.88. The molecule has 1 aromatic rings. The molecule has 1 heterocycles. The van der Waals surface area contributed by atoms with Crippen molar-refractivity contribution >= 4 is 11.7 Å². The number of pyridine rings is 1. The molecule has 0 aliphatic heterocycles. The highest BCUT2D eigenvalue weighted by molar-refractivity contribution is 5.82. The van der Waals surface area contributed by atoms with Crippen LogP contribution in [0.25, 0.3) is 0 Å². The largest absolute Gasteiger partial charge is 0.459 e. The number of anilines is 1. The van der Waals surface area contributed by atoms with E-state index < -0.39 is 11.0 Å². The quantitative estimate of drug-likeness (QED) is 0.800. The summed E-state index contributed by atoms with van der Waals surface area (Å²) in [5.41, 5.74) is 5.53. The molecule has 0 saturated carbocycles. The monoisotopic (exact) mass is 236 g/mol. The number of hydrogen-bond donors (Lipinski definition) is 1. The molecule has 0 radical (unpaired) electrons. The molecule has 0 saturated heterocycles. The molecular weight excluding hydrogens is 216 g/mol. The molecule has 0 fully saturated rings. The second kappa shape index (κ2) is 4.35. The molecule has 0 amide bonds. The molecule has 4 nitrogen and oxygen atoms in total. The van der Waals surface area contributed by atoms with Gasteiger partial charge in [-0.25, -0.2) is 0 Å². The first-order valence-corrected chi connectivity index (χ1v) is 5.58. The average Bonchev–Trinajstić information content (AvgIpc) is 2.15. The Morgan fingerprint density at radius 2 is 1.82 bits per heavy atom. The second-order valence-corrected chi connectivity index (χ2v) is 5.60. The lowest BCUT2D eigenvalue weighted by Crippen LogP contribution is -2.37. The Bertz CT molecular complexity index is 402. The molecule has 0 spiro atoms. The zero-order valence-corrected chi connectivity index (χ0v) is 11.1. The van der Waals surface area contributed by atoms with E-state index >= 15 is 0 Å². The summed E-state index contributed by atoms with van der Waals surface area (Å²) in [5.74, 6) is -0.290. The number of hydrogen-bond acceptors (Lipinski definition) is 4. The topological polar surface area (TPSA) is 65.2 Å². The number of aromatic nitrogens is 1. The SMILES string of the molecule is CC(C)(C)OC(=O)C(C)(C)c1ccc(N)cn1. The highest BCUT2D eigenvalue weighted by atomic mass is 16.6. The first-order chi connectivity index (χ1) is 7.63. The van der Waals surface area contributed by atoms with Crippen molar-refractivity contribution in [1.82, 2.24) is 4.98 Å². The third-order valence-corrected chi connectivity index (χ3v) is 2.34. The Morgan fingerprint density at radius 1 is 1.24 bits per heavy atom. The van der Waals surface area contributed by atoms with E-state index in [1.165, 1.54) is 0 Å². The van der Waals surface area contributed by atoms with Crippen LogP contribution in [-0.2, 0) is 14.9 Å². The second-order valence-electron chi connectivity index (χ2n) is 5.60. The van der Waals surface area contributed by atoms with Gasteiger partial charge in [-0.3, -0.25) is 9.78 Å². The van der Waals surface area contributed by atoms with Gasteiger partial charge in [0.25, 0.3) is 0 Å². The van der Waals surface area contributed by atoms with Gasteiger partial charge in [0.2, 0.25) is 0 Å². The van der Waals surface area contributed by atoms with E-state index in [-0.39, 0.29) is 5.97 Å². The van der Waals surface area contributed by atoms with Crippen molar-refractivity contribution in [2.75, 3.05) is 5.73 Å². The van der Waals surface area contributed by atoms with Crippen LogP contribution < -0.4 is 5.73 Å². The summed E-state index contributed by atoms with van der Waals surface area (Å²) >= 11 is 0. The Kier molecular flexibility index (Phi) is 3.45. The molecule has 4 heteroatoms. The highest BCUT2D eigenvalue weighted by Gasteiger charge is 2.35. The molecule has 0 unspecified atom stereocenters. The van der Waals surface area contributed by atoms with Gasteiger partial charge < -0.3 is 10.5 Å². The summed E-state index contributed by atoms with van der Waals surface area (Å²) in [5, 5.41) is 0. The van der Waals surface area contributed by atoms with E-state index in [9.17, 15) is 4.79 Å². The van der Waals surface area contributed by atoms with Crippen LogP contribution in [0, 0.1) is 0 Å². The van der Waals surface area contributed by atoms with Crippen LogP contribution in [0.2, 0.25) is 0 Å². The molecule has 1 aromatic heterocycles. The number of carbonyl (C=O) groups is 1. The van der Waals surface area contributed by atoms with Gasteiger partial charge >= 0.3 is 5.97 Å². The fraction of sp³-hybridized carbons (Fsp3) is 0.538. The molecule has 94 valence electrons. The van der Waals surface area contributed by atoms with Crippen molar-refractivity contribution < 1.29 is 9.53 Å². The summed E-state index contributed by atoms with van der Waals surface area (Å²) in [6.45, 7) is 9.12. The number of nitrogen functional groups attached to an aromatic ring is 1. The first-order valence-electron chi connectivity index (χ1n) is 5.58. The van der Waals surface area contributed by atoms with Crippen LogP contribution in [-0.4, -0.2) is 16.6 Å². The summed E-state index contributed by atoms with van der Waals surface area (Å²) in [6.07, 6.45) is 1.54.